The minimum absolute atomic E-state index is 0.632. The molecule has 2 N–H and O–H groups in total. The zero-order chi connectivity index (χ0) is 13.8. The second-order valence-electron chi connectivity index (χ2n) is 6.03. The van der Waals surface area contributed by atoms with E-state index in [2.05, 4.69) is 49.0 Å². The third-order valence-corrected chi connectivity index (χ3v) is 4.04. The summed E-state index contributed by atoms with van der Waals surface area (Å²) in [6.45, 7) is 6.32. The van der Waals surface area contributed by atoms with Crippen LogP contribution in [-0.2, 0) is 6.54 Å². The van der Waals surface area contributed by atoms with Gasteiger partial charge in [0.2, 0.25) is 0 Å². The van der Waals surface area contributed by atoms with E-state index in [9.17, 15) is 0 Å². The van der Waals surface area contributed by atoms with Gasteiger partial charge in [-0.3, -0.25) is 0 Å². The Labute approximate surface area is 117 Å². The molecular weight excluding hydrogens is 234 g/mol. The molecule has 3 nitrogen and oxygen atoms in total. The van der Waals surface area contributed by atoms with E-state index in [1.807, 2.05) is 0 Å². The number of piperidine rings is 1. The highest BCUT2D eigenvalue weighted by Crippen LogP contribution is 2.27. The van der Waals surface area contributed by atoms with Gasteiger partial charge in [0.15, 0.2) is 0 Å². The van der Waals surface area contributed by atoms with Crippen LogP contribution in [0, 0.1) is 12.8 Å². The molecule has 0 saturated carbocycles. The highest BCUT2D eigenvalue weighted by molar-refractivity contribution is 5.55. The molecule has 1 fully saturated rings. The van der Waals surface area contributed by atoms with Crippen LogP contribution in [0.5, 0.6) is 0 Å². The van der Waals surface area contributed by atoms with Gasteiger partial charge in [-0.05, 0) is 57.0 Å². The van der Waals surface area contributed by atoms with E-state index < -0.39 is 0 Å². The van der Waals surface area contributed by atoms with Crippen LogP contribution in [0.3, 0.4) is 0 Å². The minimum atomic E-state index is 0.632. The fourth-order valence-corrected chi connectivity index (χ4v) is 3.01. The van der Waals surface area contributed by atoms with Gasteiger partial charge in [-0.25, -0.2) is 0 Å². The van der Waals surface area contributed by atoms with Crippen LogP contribution in [0.25, 0.3) is 0 Å². The lowest BCUT2D eigenvalue weighted by Gasteiger charge is -2.35. The SMILES string of the molecule is Cc1ccc(CN)c(N2CCC(CN(C)C)CC2)c1. The summed E-state index contributed by atoms with van der Waals surface area (Å²) in [5.74, 6) is 0.845. The molecule has 1 aliphatic rings. The van der Waals surface area contributed by atoms with Gasteiger partial charge in [-0.15, -0.1) is 0 Å². The Hall–Kier alpha value is -1.06. The van der Waals surface area contributed by atoms with E-state index in [0.29, 0.717) is 6.54 Å². The van der Waals surface area contributed by atoms with Crippen molar-refractivity contribution in [1.82, 2.24) is 4.90 Å². The van der Waals surface area contributed by atoms with Gasteiger partial charge in [-0.2, -0.15) is 0 Å². The van der Waals surface area contributed by atoms with E-state index in [4.69, 9.17) is 5.73 Å². The summed E-state index contributed by atoms with van der Waals surface area (Å²) in [6.07, 6.45) is 2.58. The predicted molar refractivity (Wildman–Crippen MR) is 82.6 cm³/mol. The fraction of sp³-hybridized carbons (Fsp3) is 0.625. The summed E-state index contributed by atoms with van der Waals surface area (Å²) in [5, 5.41) is 0. The summed E-state index contributed by atoms with van der Waals surface area (Å²) < 4.78 is 0. The van der Waals surface area contributed by atoms with Gasteiger partial charge in [0.1, 0.15) is 0 Å². The number of hydrogen-bond donors (Lipinski definition) is 1. The van der Waals surface area contributed by atoms with Crippen molar-refractivity contribution >= 4 is 5.69 Å². The molecule has 106 valence electrons. The maximum Gasteiger partial charge on any atom is 0.0414 e. The Morgan fingerprint density at radius 2 is 1.95 bits per heavy atom. The number of benzene rings is 1. The summed E-state index contributed by atoms with van der Waals surface area (Å²) in [4.78, 5) is 4.82. The Morgan fingerprint density at radius 1 is 1.26 bits per heavy atom. The lowest BCUT2D eigenvalue weighted by Crippen LogP contribution is -2.37. The van der Waals surface area contributed by atoms with Crippen molar-refractivity contribution in [3.63, 3.8) is 0 Å². The van der Waals surface area contributed by atoms with Crippen molar-refractivity contribution in [3.8, 4) is 0 Å². The van der Waals surface area contributed by atoms with Crippen molar-refractivity contribution in [3.05, 3.63) is 29.3 Å². The first-order valence-electron chi connectivity index (χ1n) is 7.29. The molecule has 1 saturated heterocycles. The molecule has 1 heterocycles. The van der Waals surface area contributed by atoms with Crippen molar-refractivity contribution in [1.29, 1.82) is 0 Å². The van der Waals surface area contributed by atoms with E-state index in [1.165, 1.54) is 36.2 Å². The number of anilines is 1. The van der Waals surface area contributed by atoms with E-state index in [0.717, 1.165) is 19.0 Å². The molecule has 1 aromatic carbocycles. The maximum atomic E-state index is 5.87. The Bertz CT molecular complexity index is 406. The lowest BCUT2D eigenvalue weighted by molar-refractivity contribution is 0.285. The fourth-order valence-electron chi connectivity index (χ4n) is 3.01. The van der Waals surface area contributed by atoms with Crippen molar-refractivity contribution in [2.75, 3.05) is 38.6 Å². The third kappa shape index (κ3) is 3.71. The maximum absolute atomic E-state index is 5.87. The molecule has 1 aromatic rings. The summed E-state index contributed by atoms with van der Waals surface area (Å²) in [7, 11) is 4.33. The van der Waals surface area contributed by atoms with Crippen molar-refractivity contribution in [2.45, 2.75) is 26.3 Å². The molecule has 0 amide bonds. The van der Waals surface area contributed by atoms with Gasteiger partial charge in [0.05, 0.1) is 0 Å². The van der Waals surface area contributed by atoms with E-state index in [-0.39, 0.29) is 0 Å². The highest BCUT2D eigenvalue weighted by atomic mass is 15.1. The largest absolute Gasteiger partial charge is 0.371 e. The van der Waals surface area contributed by atoms with Crippen LogP contribution in [0.4, 0.5) is 5.69 Å². The van der Waals surface area contributed by atoms with Gasteiger partial charge in [0.25, 0.3) is 0 Å². The summed E-state index contributed by atoms with van der Waals surface area (Å²) in [5.41, 5.74) is 9.82. The molecule has 0 bridgehead atoms. The first-order valence-corrected chi connectivity index (χ1v) is 7.29. The first kappa shape index (κ1) is 14.4. The molecule has 0 unspecified atom stereocenters. The second kappa shape index (κ2) is 6.40. The monoisotopic (exact) mass is 261 g/mol. The van der Waals surface area contributed by atoms with Gasteiger partial charge < -0.3 is 15.5 Å². The van der Waals surface area contributed by atoms with Crippen LogP contribution < -0.4 is 10.6 Å². The molecule has 3 heteroatoms. The molecule has 0 aromatic heterocycles. The Morgan fingerprint density at radius 3 is 2.53 bits per heavy atom. The van der Waals surface area contributed by atoms with Crippen LogP contribution in [0.2, 0.25) is 0 Å². The normalized spacial score (nSPS) is 17.2. The predicted octanol–water partition coefficient (Wildman–Crippen LogP) is 2.23. The van der Waals surface area contributed by atoms with Crippen molar-refractivity contribution < 1.29 is 0 Å². The molecular formula is C16H27N3. The number of rotatable bonds is 4. The minimum Gasteiger partial charge on any atom is -0.371 e. The van der Waals surface area contributed by atoms with Crippen LogP contribution in [0.15, 0.2) is 18.2 Å². The molecule has 0 spiro atoms. The zero-order valence-corrected chi connectivity index (χ0v) is 12.5. The standard InChI is InChI=1S/C16H27N3/c1-13-4-5-15(11-17)16(10-13)19-8-6-14(7-9-19)12-18(2)3/h4-5,10,14H,6-9,11-12,17H2,1-3H3. The Balaban J connectivity index is 2.03. The third-order valence-electron chi connectivity index (χ3n) is 4.04. The number of nitrogens with zero attached hydrogens (tertiary/aromatic N) is 2. The van der Waals surface area contributed by atoms with E-state index in [1.54, 1.807) is 0 Å². The molecule has 0 radical (unpaired) electrons. The summed E-state index contributed by atoms with van der Waals surface area (Å²) in [6, 6.07) is 6.62. The first-order chi connectivity index (χ1) is 9.10. The molecule has 1 aliphatic heterocycles. The quantitative estimate of drug-likeness (QED) is 0.902. The average Bonchev–Trinajstić information content (AvgIpc) is 2.39. The average molecular weight is 261 g/mol. The van der Waals surface area contributed by atoms with Gasteiger partial charge in [-0.1, -0.05) is 12.1 Å². The summed E-state index contributed by atoms with van der Waals surface area (Å²) >= 11 is 0. The highest BCUT2D eigenvalue weighted by Gasteiger charge is 2.21. The topological polar surface area (TPSA) is 32.5 Å². The molecule has 0 aliphatic carbocycles. The number of hydrogen-bond acceptors (Lipinski definition) is 3. The van der Waals surface area contributed by atoms with Crippen LogP contribution in [-0.4, -0.2) is 38.6 Å². The smallest absolute Gasteiger partial charge is 0.0414 e. The zero-order valence-electron chi connectivity index (χ0n) is 12.5. The van der Waals surface area contributed by atoms with Crippen LogP contribution >= 0.6 is 0 Å². The number of aryl methyl sites for hydroxylation is 1. The van der Waals surface area contributed by atoms with Gasteiger partial charge in [0, 0.05) is 31.9 Å². The molecule has 0 atom stereocenters. The lowest BCUT2D eigenvalue weighted by atomic mass is 9.95. The van der Waals surface area contributed by atoms with Gasteiger partial charge >= 0.3 is 0 Å². The second-order valence-corrected chi connectivity index (χ2v) is 6.03. The van der Waals surface area contributed by atoms with Crippen molar-refractivity contribution in [2.24, 2.45) is 11.7 Å². The van der Waals surface area contributed by atoms with E-state index >= 15 is 0 Å². The number of nitrogens with two attached hydrogens (primary N) is 1. The van der Waals surface area contributed by atoms with Crippen LogP contribution in [0.1, 0.15) is 24.0 Å². The Kier molecular flexibility index (Phi) is 4.83. The molecule has 19 heavy (non-hydrogen) atoms. The molecule has 2 rings (SSSR count).